The summed E-state index contributed by atoms with van der Waals surface area (Å²) in [6.45, 7) is 4.16. The van der Waals surface area contributed by atoms with Crippen LogP contribution < -0.4 is 5.32 Å². The number of hydrogen-bond donors (Lipinski definition) is 1. The maximum atomic E-state index is 12.2. The van der Waals surface area contributed by atoms with Gasteiger partial charge >= 0.3 is 0 Å². The lowest BCUT2D eigenvalue weighted by Gasteiger charge is -1.97. The molecule has 1 amide bonds. The van der Waals surface area contributed by atoms with Crippen LogP contribution in [0.15, 0.2) is 30.3 Å². The fraction of sp³-hybridized carbons (Fsp3) is 0.200. The summed E-state index contributed by atoms with van der Waals surface area (Å²) in [7, 11) is 0. The normalized spacial score (nSPS) is 10.9. The zero-order valence-corrected chi connectivity index (χ0v) is 12.9. The summed E-state index contributed by atoms with van der Waals surface area (Å²) >= 11 is 3.04. The van der Waals surface area contributed by atoms with Crippen molar-refractivity contribution in [2.24, 2.45) is 0 Å². The number of aryl methyl sites for hydroxylation is 2. The van der Waals surface area contributed by atoms with Gasteiger partial charge in [0.25, 0.3) is 5.91 Å². The number of amides is 1. The van der Waals surface area contributed by atoms with E-state index in [1.165, 1.54) is 33.1 Å². The predicted octanol–water partition coefficient (Wildman–Crippen LogP) is 4.48. The molecule has 20 heavy (non-hydrogen) atoms. The van der Waals surface area contributed by atoms with E-state index in [1.807, 2.05) is 30.3 Å². The summed E-state index contributed by atoms with van der Waals surface area (Å²) in [4.78, 5) is 18.6. The molecule has 1 aromatic carbocycles. The van der Waals surface area contributed by atoms with Gasteiger partial charge in [0.2, 0.25) is 0 Å². The molecule has 0 aliphatic heterocycles. The number of anilines is 1. The SMILES string of the molecule is CCc1cc(C(=O)Nc2nc3ccccc3s2)sc1C. The van der Waals surface area contributed by atoms with Crippen molar-refractivity contribution in [3.63, 3.8) is 0 Å². The van der Waals surface area contributed by atoms with Gasteiger partial charge in [-0.25, -0.2) is 4.98 Å². The maximum Gasteiger partial charge on any atom is 0.267 e. The Hall–Kier alpha value is -1.72. The first-order valence-electron chi connectivity index (χ1n) is 6.43. The Balaban J connectivity index is 1.84. The third-order valence-electron chi connectivity index (χ3n) is 3.14. The van der Waals surface area contributed by atoms with E-state index >= 15 is 0 Å². The van der Waals surface area contributed by atoms with Gasteiger partial charge in [0.1, 0.15) is 0 Å². The van der Waals surface area contributed by atoms with Crippen LogP contribution in [0.1, 0.15) is 27.0 Å². The molecule has 0 saturated heterocycles. The molecule has 2 aromatic heterocycles. The molecule has 0 aliphatic carbocycles. The van der Waals surface area contributed by atoms with Crippen molar-refractivity contribution in [3.05, 3.63) is 45.6 Å². The summed E-state index contributed by atoms with van der Waals surface area (Å²) in [5, 5.41) is 3.54. The van der Waals surface area contributed by atoms with E-state index < -0.39 is 0 Å². The summed E-state index contributed by atoms with van der Waals surface area (Å²) in [5.41, 5.74) is 2.16. The molecule has 0 bridgehead atoms. The number of thiophene rings is 1. The highest BCUT2D eigenvalue weighted by molar-refractivity contribution is 7.22. The van der Waals surface area contributed by atoms with Gasteiger partial charge in [-0.1, -0.05) is 30.4 Å². The van der Waals surface area contributed by atoms with Crippen molar-refractivity contribution < 1.29 is 4.79 Å². The lowest BCUT2D eigenvalue weighted by Crippen LogP contribution is -2.09. The van der Waals surface area contributed by atoms with Gasteiger partial charge in [-0.05, 0) is 37.1 Å². The molecule has 1 N–H and O–H groups in total. The minimum atomic E-state index is -0.0724. The molecular weight excluding hydrogens is 288 g/mol. The van der Waals surface area contributed by atoms with Crippen LogP contribution in [0.4, 0.5) is 5.13 Å². The number of nitrogens with one attached hydrogen (secondary N) is 1. The summed E-state index contributed by atoms with van der Waals surface area (Å²) in [6, 6.07) is 9.85. The first-order valence-corrected chi connectivity index (χ1v) is 8.07. The third-order valence-corrected chi connectivity index (χ3v) is 5.18. The molecule has 0 fully saturated rings. The molecule has 5 heteroatoms. The van der Waals surface area contributed by atoms with E-state index in [0.29, 0.717) is 5.13 Å². The first kappa shape index (κ1) is 13.3. The van der Waals surface area contributed by atoms with Crippen LogP contribution in [0.5, 0.6) is 0 Å². The fourth-order valence-electron chi connectivity index (χ4n) is 2.07. The Morgan fingerprint density at radius 1 is 1.30 bits per heavy atom. The molecule has 3 nitrogen and oxygen atoms in total. The highest BCUT2D eigenvalue weighted by Gasteiger charge is 2.13. The monoisotopic (exact) mass is 302 g/mol. The fourth-order valence-corrected chi connectivity index (χ4v) is 3.94. The number of carbonyl (C=O) groups excluding carboxylic acids is 1. The van der Waals surface area contributed by atoms with Crippen LogP contribution in [0, 0.1) is 6.92 Å². The number of para-hydroxylation sites is 1. The number of fused-ring (bicyclic) bond motifs is 1. The van der Waals surface area contributed by atoms with E-state index in [9.17, 15) is 4.79 Å². The average Bonchev–Trinajstić information content (AvgIpc) is 3.01. The van der Waals surface area contributed by atoms with Gasteiger partial charge in [-0.2, -0.15) is 0 Å². The first-order chi connectivity index (χ1) is 9.67. The average molecular weight is 302 g/mol. The molecule has 0 aliphatic rings. The Labute approximate surface area is 125 Å². The van der Waals surface area contributed by atoms with E-state index in [1.54, 1.807) is 0 Å². The third kappa shape index (κ3) is 2.46. The summed E-state index contributed by atoms with van der Waals surface area (Å²) < 4.78 is 1.08. The van der Waals surface area contributed by atoms with Gasteiger partial charge in [0.15, 0.2) is 5.13 Å². The summed E-state index contributed by atoms with van der Waals surface area (Å²) in [5.74, 6) is -0.0724. The minimum absolute atomic E-state index is 0.0724. The van der Waals surface area contributed by atoms with Gasteiger partial charge in [-0.3, -0.25) is 10.1 Å². The van der Waals surface area contributed by atoms with Gasteiger partial charge < -0.3 is 0 Å². The van der Waals surface area contributed by atoms with Crippen molar-refractivity contribution in [2.75, 3.05) is 5.32 Å². The minimum Gasteiger partial charge on any atom is -0.297 e. The number of benzene rings is 1. The zero-order chi connectivity index (χ0) is 14.1. The van der Waals surface area contributed by atoms with E-state index in [-0.39, 0.29) is 5.91 Å². The molecular formula is C15H14N2OS2. The Morgan fingerprint density at radius 3 is 2.80 bits per heavy atom. The van der Waals surface area contributed by atoms with Crippen LogP contribution in [-0.2, 0) is 6.42 Å². The second-order valence-corrected chi connectivity index (χ2v) is 6.77. The Morgan fingerprint density at radius 2 is 2.10 bits per heavy atom. The topological polar surface area (TPSA) is 42.0 Å². The van der Waals surface area contributed by atoms with Crippen molar-refractivity contribution in [2.45, 2.75) is 20.3 Å². The Kier molecular flexibility index (Phi) is 3.54. The lowest BCUT2D eigenvalue weighted by molar-refractivity contribution is 0.103. The second kappa shape index (κ2) is 5.34. The largest absolute Gasteiger partial charge is 0.297 e. The maximum absolute atomic E-state index is 12.2. The molecule has 3 rings (SSSR count). The molecule has 2 heterocycles. The molecule has 0 spiro atoms. The van der Waals surface area contributed by atoms with Crippen molar-refractivity contribution >= 4 is 43.9 Å². The predicted molar refractivity (Wildman–Crippen MR) is 86.0 cm³/mol. The van der Waals surface area contributed by atoms with Crippen molar-refractivity contribution in [1.82, 2.24) is 4.98 Å². The van der Waals surface area contributed by atoms with E-state index in [2.05, 4.69) is 24.1 Å². The van der Waals surface area contributed by atoms with Crippen molar-refractivity contribution in [1.29, 1.82) is 0 Å². The quantitative estimate of drug-likeness (QED) is 0.775. The second-order valence-electron chi connectivity index (χ2n) is 4.49. The van der Waals surface area contributed by atoms with Gasteiger partial charge in [-0.15, -0.1) is 11.3 Å². The number of aromatic nitrogens is 1. The van der Waals surface area contributed by atoms with Crippen LogP contribution in [0.3, 0.4) is 0 Å². The number of thiazole rings is 1. The van der Waals surface area contributed by atoms with E-state index in [0.717, 1.165) is 21.5 Å². The zero-order valence-electron chi connectivity index (χ0n) is 11.3. The lowest BCUT2D eigenvalue weighted by atomic mass is 10.2. The van der Waals surface area contributed by atoms with Crippen LogP contribution in [0.25, 0.3) is 10.2 Å². The number of carbonyl (C=O) groups is 1. The number of nitrogens with zero attached hydrogens (tertiary/aromatic N) is 1. The summed E-state index contributed by atoms with van der Waals surface area (Å²) in [6.07, 6.45) is 0.955. The smallest absolute Gasteiger partial charge is 0.267 e. The molecule has 0 saturated carbocycles. The van der Waals surface area contributed by atoms with Crippen LogP contribution in [0.2, 0.25) is 0 Å². The number of rotatable bonds is 3. The van der Waals surface area contributed by atoms with Gasteiger partial charge in [0, 0.05) is 4.88 Å². The standard InChI is InChI=1S/C15H14N2OS2/c1-3-10-8-13(19-9(10)2)14(18)17-15-16-11-6-4-5-7-12(11)20-15/h4-8H,3H2,1-2H3,(H,16,17,18). The molecule has 3 aromatic rings. The van der Waals surface area contributed by atoms with Crippen molar-refractivity contribution in [3.8, 4) is 0 Å². The highest BCUT2D eigenvalue weighted by atomic mass is 32.1. The van der Waals surface area contributed by atoms with Gasteiger partial charge in [0.05, 0.1) is 15.1 Å². The molecule has 0 unspecified atom stereocenters. The molecule has 0 atom stereocenters. The van der Waals surface area contributed by atoms with Crippen LogP contribution >= 0.6 is 22.7 Å². The van der Waals surface area contributed by atoms with E-state index in [4.69, 9.17) is 0 Å². The molecule has 0 radical (unpaired) electrons. The highest BCUT2D eigenvalue weighted by Crippen LogP contribution is 2.27. The van der Waals surface area contributed by atoms with Crippen LogP contribution in [-0.4, -0.2) is 10.9 Å². The Bertz CT molecular complexity index is 740. The molecule has 102 valence electrons. The number of hydrogen-bond acceptors (Lipinski definition) is 4.